The quantitative estimate of drug-likeness (QED) is 0.419. The molecule has 1 aliphatic heterocycles. The van der Waals surface area contributed by atoms with Gasteiger partial charge in [0.1, 0.15) is 5.76 Å². The van der Waals surface area contributed by atoms with E-state index in [1.54, 1.807) is 49.7 Å². The van der Waals surface area contributed by atoms with E-state index in [0.29, 0.717) is 33.0 Å². The van der Waals surface area contributed by atoms with E-state index < -0.39 is 0 Å². The van der Waals surface area contributed by atoms with Crippen molar-refractivity contribution in [2.24, 2.45) is 0 Å². The second-order valence-electron chi connectivity index (χ2n) is 7.41. The predicted molar refractivity (Wildman–Crippen MR) is 128 cm³/mol. The second-order valence-corrected chi connectivity index (χ2v) is 9.61. The highest BCUT2D eigenvalue weighted by atomic mass is 32.2. The van der Waals surface area contributed by atoms with Crippen molar-refractivity contribution in [3.05, 3.63) is 54.0 Å². The summed E-state index contributed by atoms with van der Waals surface area (Å²) in [4.78, 5) is 27.0. The number of carbonyl (C=O) groups excluding carboxylic acids is 2. The maximum Gasteiger partial charge on any atom is 0.253 e. The monoisotopic (exact) mass is 487 g/mol. The lowest BCUT2D eigenvalue weighted by Gasteiger charge is -2.20. The first-order valence-electron chi connectivity index (χ1n) is 10.6. The Kier molecular flexibility index (Phi) is 7.97. The van der Waals surface area contributed by atoms with E-state index in [2.05, 4.69) is 20.8 Å². The first kappa shape index (κ1) is 23.3. The van der Waals surface area contributed by atoms with Gasteiger partial charge < -0.3 is 24.7 Å². The fourth-order valence-corrected chi connectivity index (χ4v) is 5.01. The summed E-state index contributed by atoms with van der Waals surface area (Å²) < 4.78 is 11.5. The molecule has 0 saturated carbocycles. The molecule has 1 fully saturated rings. The van der Waals surface area contributed by atoms with Crippen molar-refractivity contribution < 1.29 is 18.7 Å². The normalized spacial score (nSPS) is 15.4. The molecule has 1 aromatic carbocycles. The molecule has 33 heavy (non-hydrogen) atoms. The van der Waals surface area contributed by atoms with Gasteiger partial charge in [-0.05, 0) is 37.1 Å². The Morgan fingerprint density at radius 2 is 2.12 bits per heavy atom. The summed E-state index contributed by atoms with van der Waals surface area (Å²) in [5, 5.41) is 15.1. The molecule has 3 heterocycles. The zero-order valence-corrected chi connectivity index (χ0v) is 19.8. The minimum atomic E-state index is -0.277. The number of anilines is 2. The molecule has 1 aliphatic rings. The van der Waals surface area contributed by atoms with Crippen molar-refractivity contribution in [2.75, 3.05) is 36.2 Å². The maximum atomic E-state index is 12.8. The molecule has 3 aromatic rings. The van der Waals surface area contributed by atoms with Crippen LogP contribution in [0.3, 0.4) is 0 Å². The number of nitrogens with one attached hydrogen (secondary N) is 2. The Labute approximate surface area is 199 Å². The number of aromatic nitrogens is 2. The van der Waals surface area contributed by atoms with E-state index in [0.717, 1.165) is 19.4 Å². The number of ether oxygens (including phenoxy) is 1. The Hall–Kier alpha value is -2.89. The van der Waals surface area contributed by atoms with Crippen LogP contribution in [0.2, 0.25) is 0 Å². The highest BCUT2D eigenvalue weighted by molar-refractivity contribution is 8.01. The molecule has 2 amide bonds. The van der Waals surface area contributed by atoms with Crippen LogP contribution in [0, 0.1) is 0 Å². The van der Waals surface area contributed by atoms with Gasteiger partial charge in [0.25, 0.3) is 5.91 Å². The van der Waals surface area contributed by atoms with E-state index >= 15 is 0 Å². The Balaban J connectivity index is 1.30. The lowest BCUT2D eigenvalue weighted by atomic mass is 10.1. The van der Waals surface area contributed by atoms with Crippen LogP contribution >= 0.6 is 23.1 Å². The highest BCUT2D eigenvalue weighted by Gasteiger charge is 2.20. The van der Waals surface area contributed by atoms with Crippen molar-refractivity contribution >= 4 is 45.7 Å². The molecule has 0 bridgehead atoms. The minimum absolute atomic E-state index is 0.143. The average Bonchev–Trinajstić information content (AvgIpc) is 3.62. The summed E-state index contributed by atoms with van der Waals surface area (Å²) in [5.41, 5.74) is 0.956. The number of hydrogen-bond donors (Lipinski definition) is 2. The van der Waals surface area contributed by atoms with Gasteiger partial charge in [-0.1, -0.05) is 35.2 Å². The molecule has 0 spiro atoms. The molecule has 4 rings (SSSR count). The first-order chi connectivity index (χ1) is 16.1. The number of rotatable bonds is 10. The van der Waals surface area contributed by atoms with Gasteiger partial charge in [-0.2, -0.15) is 0 Å². The molecule has 2 aromatic heterocycles. The van der Waals surface area contributed by atoms with Crippen LogP contribution in [0.25, 0.3) is 0 Å². The van der Waals surface area contributed by atoms with E-state index in [4.69, 9.17) is 9.15 Å². The predicted octanol–water partition coefficient (Wildman–Crippen LogP) is 3.41. The van der Waals surface area contributed by atoms with Crippen LogP contribution in [0.4, 0.5) is 10.8 Å². The number of furan rings is 1. The number of carbonyl (C=O) groups is 2. The van der Waals surface area contributed by atoms with Crippen molar-refractivity contribution in [3.8, 4) is 0 Å². The number of hydrogen-bond acceptors (Lipinski definition) is 9. The van der Waals surface area contributed by atoms with E-state index in [9.17, 15) is 9.59 Å². The zero-order chi connectivity index (χ0) is 23.0. The fraction of sp³-hybridized carbons (Fsp3) is 0.364. The van der Waals surface area contributed by atoms with Crippen LogP contribution < -0.4 is 15.5 Å². The number of amides is 2. The first-order valence-corrected chi connectivity index (χ1v) is 12.4. The summed E-state index contributed by atoms with van der Waals surface area (Å²) in [7, 11) is 1.66. The van der Waals surface area contributed by atoms with Gasteiger partial charge in [-0.15, -0.1) is 10.2 Å². The van der Waals surface area contributed by atoms with Gasteiger partial charge in [0.15, 0.2) is 4.34 Å². The van der Waals surface area contributed by atoms with Crippen LogP contribution in [0.1, 0.15) is 29.0 Å². The molecule has 174 valence electrons. The van der Waals surface area contributed by atoms with E-state index in [1.165, 1.54) is 28.0 Å². The third kappa shape index (κ3) is 6.34. The van der Waals surface area contributed by atoms with Crippen LogP contribution in [-0.4, -0.2) is 54.1 Å². The van der Waals surface area contributed by atoms with Gasteiger partial charge in [-0.25, -0.2) is 0 Å². The van der Waals surface area contributed by atoms with Gasteiger partial charge in [0, 0.05) is 20.2 Å². The van der Waals surface area contributed by atoms with Crippen LogP contribution in [0.15, 0.2) is 51.4 Å². The van der Waals surface area contributed by atoms with Gasteiger partial charge in [0.2, 0.25) is 11.0 Å². The third-order valence-corrected chi connectivity index (χ3v) is 7.12. The Morgan fingerprint density at radius 3 is 2.91 bits per heavy atom. The van der Waals surface area contributed by atoms with Gasteiger partial charge in [0.05, 0.1) is 35.9 Å². The van der Waals surface area contributed by atoms with Crippen molar-refractivity contribution in [2.45, 2.75) is 29.8 Å². The molecule has 9 nitrogen and oxygen atoms in total. The van der Waals surface area contributed by atoms with Crippen molar-refractivity contribution in [1.29, 1.82) is 0 Å². The lowest BCUT2D eigenvalue weighted by Crippen LogP contribution is -2.31. The number of para-hydroxylation sites is 1. The van der Waals surface area contributed by atoms with Crippen molar-refractivity contribution in [1.82, 2.24) is 15.5 Å². The van der Waals surface area contributed by atoms with Gasteiger partial charge in [-0.3, -0.25) is 9.59 Å². The lowest BCUT2D eigenvalue weighted by molar-refractivity contribution is -0.115. The fourth-order valence-electron chi connectivity index (χ4n) is 3.33. The van der Waals surface area contributed by atoms with E-state index in [-0.39, 0.29) is 30.2 Å². The summed E-state index contributed by atoms with van der Waals surface area (Å²) >= 11 is 2.73. The number of nitrogens with zero attached hydrogens (tertiary/aromatic N) is 3. The van der Waals surface area contributed by atoms with E-state index in [1.807, 2.05) is 0 Å². The van der Waals surface area contributed by atoms with Gasteiger partial charge >= 0.3 is 0 Å². The molecule has 1 unspecified atom stereocenters. The summed E-state index contributed by atoms with van der Waals surface area (Å²) in [6.07, 6.45) is 3.92. The largest absolute Gasteiger partial charge is 0.467 e. The smallest absolute Gasteiger partial charge is 0.253 e. The molecular formula is C22H25N5O4S2. The topological polar surface area (TPSA) is 110 Å². The second kappa shape index (κ2) is 11.3. The number of benzene rings is 1. The standard InChI is InChI=1S/C22H25N5O4S2/c1-27(18-9-3-2-8-17(18)20(29)23-12-15-6-4-10-30-15)19(28)14-32-22-26-25-21(33-22)24-13-16-7-5-11-31-16/h2-4,6,8-10,16H,5,7,11-14H2,1H3,(H,23,29)(H,24,25). The van der Waals surface area contributed by atoms with Crippen LogP contribution in [0.5, 0.6) is 0 Å². The zero-order valence-electron chi connectivity index (χ0n) is 18.2. The molecule has 1 saturated heterocycles. The Morgan fingerprint density at radius 1 is 1.24 bits per heavy atom. The summed E-state index contributed by atoms with van der Waals surface area (Å²) in [6, 6.07) is 10.6. The highest BCUT2D eigenvalue weighted by Crippen LogP contribution is 2.27. The minimum Gasteiger partial charge on any atom is -0.467 e. The SMILES string of the molecule is CN(C(=O)CSc1nnc(NCC2CCCO2)s1)c1ccccc1C(=O)NCc1ccco1. The number of thioether (sulfide) groups is 1. The molecule has 0 aliphatic carbocycles. The Bertz CT molecular complexity index is 1070. The van der Waals surface area contributed by atoms with Crippen LogP contribution in [-0.2, 0) is 16.1 Å². The molecule has 1 atom stereocenters. The molecule has 11 heteroatoms. The maximum absolute atomic E-state index is 12.8. The molecular weight excluding hydrogens is 462 g/mol. The third-order valence-electron chi connectivity index (χ3n) is 5.12. The average molecular weight is 488 g/mol. The summed E-state index contributed by atoms with van der Waals surface area (Å²) in [6.45, 7) is 1.79. The summed E-state index contributed by atoms with van der Waals surface area (Å²) in [5.74, 6) is 0.415. The molecule has 0 radical (unpaired) electrons. The molecule has 2 N–H and O–H groups in total. The van der Waals surface area contributed by atoms with Crippen molar-refractivity contribution in [3.63, 3.8) is 0 Å².